The summed E-state index contributed by atoms with van der Waals surface area (Å²) in [6, 6.07) is 13.6. The zero-order chi connectivity index (χ0) is 21.7. The fourth-order valence-corrected chi connectivity index (χ4v) is 3.80. The summed E-state index contributed by atoms with van der Waals surface area (Å²) < 4.78 is 0. The molecule has 0 radical (unpaired) electrons. The molecule has 0 saturated heterocycles. The molecule has 3 amide bonds. The number of halogens is 1. The highest BCUT2D eigenvalue weighted by Crippen LogP contribution is 2.28. The molecule has 6 nitrogen and oxygen atoms in total. The molecule has 0 unspecified atom stereocenters. The lowest BCUT2D eigenvalue weighted by molar-refractivity contribution is -0.125. The Labute approximate surface area is 181 Å². The second kappa shape index (κ2) is 9.76. The summed E-state index contributed by atoms with van der Waals surface area (Å²) in [6.45, 7) is 4.77. The number of fused-ring (bicyclic) bond motifs is 1. The van der Waals surface area contributed by atoms with Crippen molar-refractivity contribution in [2.24, 2.45) is 5.92 Å². The van der Waals surface area contributed by atoms with Gasteiger partial charge in [0.05, 0.1) is 17.7 Å². The molecule has 0 bridgehead atoms. The van der Waals surface area contributed by atoms with Crippen molar-refractivity contribution in [3.05, 3.63) is 64.7 Å². The quantitative estimate of drug-likeness (QED) is 0.629. The van der Waals surface area contributed by atoms with E-state index in [0.717, 1.165) is 6.42 Å². The molecule has 0 aromatic heterocycles. The van der Waals surface area contributed by atoms with E-state index in [4.69, 9.17) is 11.6 Å². The van der Waals surface area contributed by atoms with Gasteiger partial charge in [-0.15, -0.1) is 0 Å². The molecule has 3 N–H and O–H groups in total. The van der Waals surface area contributed by atoms with Gasteiger partial charge in [-0.2, -0.15) is 0 Å². The molecular weight excluding hydrogens is 402 g/mol. The summed E-state index contributed by atoms with van der Waals surface area (Å²) in [5, 5.41) is 8.92. The van der Waals surface area contributed by atoms with Crippen molar-refractivity contribution in [2.75, 3.05) is 11.9 Å². The van der Waals surface area contributed by atoms with Crippen LogP contribution in [0.4, 0.5) is 5.69 Å². The molecule has 2 aromatic carbocycles. The van der Waals surface area contributed by atoms with Crippen molar-refractivity contribution in [2.45, 2.75) is 38.6 Å². The molecule has 1 heterocycles. The lowest BCUT2D eigenvalue weighted by Crippen LogP contribution is -2.44. The van der Waals surface area contributed by atoms with Crippen LogP contribution in [0.5, 0.6) is 0 Å². The zero-order valence-electron chi connectivity index (χ0n) is 17.1. The van der Waals surface area contributed by atoms with Gasteiger partial charge in [-0.1, -0.05) is 49.7 Å². The molecule has 2 atom stereocenters. The molecule has 7 heteroatoms. The first kappa shape index (κ1) is 21.8. The van der Waals surface area contributed by atoms with Gasteiger partial charge in [0.15, 0.2) is 0 Å². The average Bonchev–Trinajstić information content (AvgIpc) is 2.82. The Bertz CT molecular complexity index is 928. The first-order valence-corrected chi connectivity index (χ1v) is 10.5. The van der Waals surface area contributed by atoms with E-state index in [0.29, 0.717) is 28.7 Å². The number of hydrogen-bond acceptors (Lipinski definition) is 3. The Kier molecular flexibility index (Phi) is 7.11. The molecule has 1 aliphatic heterocycles. The highest BCUT2D eigenvalue weighted by molar-refractivity contribution is 6.30. The normalized spacial score (nSPS) is 16.9. The van der Waals surface area contributed by atoms with Crippen LogP contribution in [0, 0.1) is 5.92 Å². The van der Waals surface area contributed by atoms with Gasteiger partial charge in [-0.05, 0) is 48.1 Å². The number of carbonyl (C=O) groups excluding carboxylic acids is 3. The van der Waals surface area contributed by atoms with Crippen LogP contribution in [0.15, 0.2) is 48.5 Å². The largest absolute Gasteiger partial charge is 0.356 e. The number of amides is 3. The molecule has 0 spiro atoms. The van der Waals surface area contributed by atoms with Gasteiger partial charge in [0, 0.05) is 11.6 Å². The van der Waals surface area contributed by atoms with Gasteiger partial charge < -0.3 is 16.0 Å². The minimum absolute atomic E-state index is 0.112. The van der Waals surface area contributed by atoms with Crippen LogP contribution in [0.2, 0.25) is 5.02 Å². The summed E-state index contributed by atoms with van der Waals surface area (Å²) in [6.07, 6.45) is 0.651. The second-order valence-corrected chi connectivity index (χ2v) is 8.24. The van der Waals surface area contributed by atoms with Crippen LogP contribution in [-0.4, -0.2) is 30.3 Å². The van der Waals surface area contributed by atoms with Gasteiger partial charge in [-0.3, -0.25) is 14.4 Å². The summed E-state index contributed by atoms with van der Waals surface area (Å²) >= 11 is 5.98. The maximum absolute atomic E-state index is 12.4. The maximum atomic E-state index is 12.4. The SMILES string of the molecule is CC(C)[C@@H](CCNC(=O)C[C@@H]1NC(=O)c2ccccc2NC1=O)c1ccc(Cl)cc1. The number of rotatable bonds is 7. The Morgan fingerprint density at radius 1 is 1.10 bits per heavy atom. The second-order valence-electron chi connectivity index (χ2n) is 7.81. The van der Waals surface area contributed by atoms with Crippen molar-refractivity contribution in [3.8, 4) is 0 Å². The van der Waals surface area contributed by atoms with Crippen LogP contribution < -0.4 is 16.0 Å². The highest BCUT2D eigenvalue weighted by Gasteiger charge is 2.29. The van der Waals surface area contributed by atoms with Gasteiger partial charge in [0.25, 0.3) is 5.91 Å². The standard InChI is InChI=1S/C23H26ClN3O3/c1-14(2)17(15-7-9-16(24)10-8-15)11-12-25-21(28)13-20-23(30)26-19-6-4-3-5-18(19)22(29)27-20/h3-10,14,17,20H,11-13H2,1-2H3,(H,25,28)(H,26,30)(H,27,29)/t17-,20+/m1/s1. The molecule has 2 aromatic rings. The minimum atomic E-state index is -0.915. The monoisotopic (exact) mass is 427 g/mol. The Balaban J connectivity index is 1.54. The van der Waals surface area contributed by atoms with Crippen molar-refractivity contribution >= 4 is 35.0 Å². The van der Waals surface area contributed by atoms with Crippen molar-refractivity contribution in [3.63, 3.8) is 0 Å². The molecule has 0 aliphatic carbocycles. The molecule has 0 fully saturated rings. The van der Waals surface area contributed by atoms with E-state index in [1.54, 1.807) is 24.3 Å². The van der Waals surface area contributed by atoms with E-state index >= 15 is 0 Å². The van der Waals surface area contributed by atoms with E-state index in [2.05, 4.69) is 29.8 Å². The third-order valence-corrected chi connectivity index (χ3v) is 5.57. The molecule has 30 heavy (non-hydrogen) atoms. The van der Waals surface area contributed by atoms with Crippen molar-refractivity contribution in [1.82, 2.24) is 10.6 Å². The number of carbonyl (C=O) groups is 3. The molecular formula is C23H26ClN3O3. The van der Waals surface area contributed by atoms with Crippen LogP contribution in [-0.2, 0) is 9.59 Å². The third-order valence-electron chi connectivity index (χ3n) is 5.32. The zero-order valence-corrected chi connectivity index (χ0v) is 17.8. The van der Waals surface area contributed by atoms with E-state index in [9.17, 15) is 14.4 Å². The number of para-hydroxylation sites is 1. The van der Waals surface area contributed by atoms with E-state index in [1.807, 2.05) is 24.3 Å². The molecule has 158 valence electrons. The summed E-state index contributed by atoms with van der Waals surface area (Å²) in [5.74, 6) is -0.375. The summed E-state index contributed by atoms with van der Waals surface area (Å²) in [5.41, 5.74) is 2.01. The van der Waals surface area contributed by atoms with Crippen LogP contribution in [0.3, 0.4) is 0 Å². The van der Waals surface area contributed by atoms with E-state index in [1.165, 1.54) is 5.56 Å². The first-order chi connectivity index (χ1) is 14.3. The molecule has 3 rings (SSSR count). The lowest BCUT2D eigenvalue weighted by atomic mass is 9.86. The van der Waals surface area contributed by atoms with Crippen molar-refractivity contribution < 1.29 is 14.4 Å². The van der Waals surface area contributed by atoms with Crippen LogP contribution in [0.25, 0.3) is 0 Å². The summed E-state index contributed by atoms with van der Waals surface area (Å²) in [4.78, 5) is 37.2. The van der Waals surface area contributed by atoms with E-state index in [-0.39, 0.29) is 24.2 Å². The number of anilines is 1. The minimum Gasteiger partial charge on any atom is -0.356 e. The van der Waals surface area contributed by atoms with Gasteiger partial charge >= 0.3 is 0 Å². The summed E-state index contributed by atoms with van der Waals surface area (Å²) in [7, 11) is 0. The fourth-order valence-electron chi connectivity index (χ4n) is 3.67. The topological polar surface area (TPSA) is 87.3 Å². The third kappa shape index (κ3) is 5.39. The predicted molar refractivity (Wildman–Crippen MR) is 118 cm³/mol. The van der Waals surface area contributed by atoms with Crippen molar-refractivity contribution in [1.29, 1.82) is 0 Å². The van der Waals surface area contributed by atoms with Gasteiger partial charge in [0.1, 0.15) is 6.04 Å². The first-order valence-electron chi connectivity index (χ1n) is 10.1. The van der Waals surface area contributed by atoms with Crippen LogP contribution >= 0.6 is 11.6 Å². The Hall–Kier alpha value is -2.86. The van der Waals surface area contributed by atoms with E-state index < -0.39 is 11.9 Å². The lowest BCUT2D eigenvalue weighted by Gasteiger charge is -2.22. The number of benzene rings is 2. The van der Waals surface area contributed by atoms with Gasteiger partial charge in [0.2, 0.25) is 11.8 Å². The molecule has 0 saturated carbocycles. The highest BCUT2D eigenvalue weighted by atomic mass is 35.5. The van der Waals surface area contributed by atoms with Crippen LogP contribution in [0.1, 0.15) is 48.5 Å². The number of hydrogen-bond donors (Lipinski definition) is 3. The average molecular weight is 428 g/mol. The van der Waals surface area contributed by atoms with Gasteiger partial charge in [-0.25, -0.2) is 0 Å². The number of nitrogens with one attached hydrogen (secondary N) is 3. The molecule has 1 aliphatic rings. The maximum Gasteiger partial charge on any atom is 0.254 e. The smallest absolute Gasteiger partial charge is 0.254 e. The Morgan fingerprint density at radius 3 is 2.50 bits per heavy atom. The Morgan fingerprint density at radius 2 is 1.80 bits per heavy atom. The fraction of sp³-hybridized carbons (Fsp3) is 0.348. The predicted octanol–water partition coefficient (Wildman–Crippen LogP) is 3.73.